The molecule has 1 heterocycles. The quantitative estimate of drug-likeness (QED) is 0.801. The Bertz CT molecular complexity index is 508. The van der Waals surface area contributed by atoms with Gasteiger partial charge in [-0.25, -0.2) is 4.79 Å². The molecule has 0 aliphatic rings. The second-order valence-corrected chi connectivity index (χ2v) is 3.45. The van der Waals surface area contributed by atoms with Gasteiger partial charge in [-0.05, 0) is 26.0 Å². The first kappa shape index (κ1) is 9.83. The third-order valence-corrected chi connectivity index (χ3v) is 2.63. The SMILES string of the molecule is CCN(CC)c1cccc2[nH]c(=O)[nH]c12. The number of hydrogen-bond donors (Lipinski definition) is 2. The zero-order chi connectivity index (χ0) is 10.8. The molecule has 0 atom stereocenters. The summed E-state index contributed by atoms with van der Waals surface area (Å²) in [4.78, 5) is 19.0. The Kier molecular flexibility index (Phi) is 2.49. The molecule has 1 aromatic carbocycles. The zero-order valence-electron chi connectivity index (χ0n) is 9.00. The van der Waals surface area contributed by atoms with Crippen LogP contribution in [0.25, 0.3) is 11.0 Å². The molecule has 0 saturated heterocycles. The molecule has 0 bridgehead atoms. The van der Waals surface area contributed by atoms with E-state index in [2.05, 4.69) is 28.7 Å². The fourth-order valence-corrected chi connectivity index (χ4v) is 1.87. The number of nitrogens with one attached hydrogen (secondary N) is 2. The van der Waals surface area contributed by atoms with Crippen LogP contribution < -0.4 is 10.6 Å². The molecule has 2 aromatic rings. The number of imidazole rings is 1. The van der Waals surface area contributed by atoms with Crippen molar-refractivity contribution in [2.75, 3.05) is 18.0 Å². The van der Waals surface area contributed by atoms with Crippen molar-refractivity contribution in [1.29, 1.82) is 0 Å². The summed E-state index contributed by atoms with van der Waals surface area (Å²) >= 11 is 0. The summed E-state index contributed by atoms with van der Waals surface area (Å²) in [6.07, 6.45) is 0. The van der Waals surface area contributed by atoms with Crippen molar-refractivity contribution >= 4 is 16.7 Å². The van der Waals surface area contributed by atoms with Gasteiger partial charge in [-0.15, -0.1) is 0 Å². The van der Waals surface area contributed by atoms with Crippen LogP contribution in [0.15, 0.2) is 23.0 Å². The van der Waals surface area contributed by atoms with E-state index in [1.165, 1.54) is 0 Å². The first-order valence-corrected chi connectivity index (χ1v) is 5.22. The minimum Gasteiger partial charge on any atom is -0.370 e. The van der Waals surface area contributed by atoms with Crippen LogP contribution >= 0.6 is 0 Å². The molecule has 15 heavy (non-hydrogen) atoms. The average Bonchev–Trinajstić information content (AvgIpc) is 2.61. The maximum absolute atomic E-state index is 11.2. The molecule has 0 saturated carbocycles. The first-order chi connectivity index (χ1) is 7.26. The van der Waals surface area contributed by atoms with Gasteiger partial charge >= 0.3 is 5.69 Å². The van der Waals surface area contributed by atoms with Crippen LogP contribution in [0.3, 0.4) is 0 Å². The van der Waals surface area contributed by atoms with Gasteiger partial charge in [-0.1, -0.05) is 6.07 Å². The highest BCUT2D eigenvalue weighted by atomic mass is 16.1. The maximum Gasteiger partial charge on any atom is 0.323 e. The second kappa shape index (κ2) is 3.81. The smallest absolute Gasteiger partial charge is 0.323 e. The number of hydrogen-bond acceptors (Lipinski definition) is 2. The second-order valence-electron chi connectivity index (χ2n) is 3.45. The number of fused-ring (bicyclic) bond motifs is 1. The molecule has 4 heteroatoms. The summed E-state index contributed by atoms with van der Waals surface area (Å²) in [7, 11) is 0. The van der Waals surface area contributed by atoms with Crippen molar-refractivity contribution < 1.29 is 0 Å². The number of anilines is 1. The van der Waals surface area contributed by atoms with Gasteiger partial charge in [-0.3, -0.25) is 0 Å². The fraction of sp³-hybridized carbons (Fsp3) is 0.364. The standard InChI is InChI=1S/C11H15N3O/c1-3-14(4-2)9-7-5-6-8-10(9)13-11(15)12-8/h5-7H,3-4H2,1-2H3,(H2,12,13,15). The van der Waals surface area contributed by atoms with E-state index in [0.29, 0.717) is 0 Å². The minimum atomic E-state index is -0.149. The Labute approximate surface area is 87.9 Å². The third kappa shape index (κ3) is 1.63. The van der Waals surface area contributed by atoms with Crippen molar-refractivity contribution in [2.24, 2.45) is 0 Å². The number of H-pyrrole nitrogens is 2. The lowest BCUT2D eigenvalue weighted by Crippen LogP contribution is -2.22. The Balaban J connectivity index is 2.64. The van der Waals surface area contributed by atoms with Crippen LogP contribution in [-0.2, 0) is 0 Å². The number of nitrogens with zero attached hydrogens (tertiary/aromatic N) is 1. The largest absolute Gasteiger partial charge is 0.370 e. The number of para-hydroxylation sites is 1. The Morgan fingerprint density at radius 2 is 1.93 bits per heavy atom. The first-order valence-electron chi connectivity index (χ1n) is 5.22. The predicted octanol–water partition coefficient (Wildman–Crippen LogP) is 1.70. The van der Waals surface area contributed by atoms with E-state index in [-0.39, 0.29) is 5.69 Å². The molecule has 0 aliphatic carbocycles. The van der Waals surface area contributed by atoms with Crippen LogP contribution in [0.2, 0.25) is 0 Å². The molecule has 1 aromatic heterocycles. The number of aromatic amines is 2. The summed E-state index contributed by atoms with van der Waals surface area (Å²) in [5.74, 6) is 0. The molecular weight excluding hydrogens is 190 g/mol. The van der Waals surface area contributed by atoms with Crippen LogP contribution in [-0.4, -0.2) is 23.1 Å². The topological polar surface area (TPSA) is 51.9 Å². The van der Waals surface area contributed by atoms with Gasteiger partial charge in [0.25, 0.3) is 0 Å². The molecule has 2 rings (SSSR count). The van der Waals surface area contributed by atoms with Gasteiger partial charge < -0.3 is 14.9 Å². The van der Waals surface area contributed by atoms with Crippen LogP contribution in [0.1, 0.15) is 13.8 Å². The molecule has 4 nitrogen and oxygen atoms in total. The van der Waals surface area contributed by atoms with Gasteiger partial charge in [0, 0.05) is 13.1 Å². The lowest BCUT2D eigenvalue weighted by atomic mass is 10.2. The molecule has 2 N–H and O–H groups in total. The monoisotopic (exact) mass is 205 g/mol. The van der Waals surface area contributed by atoms with Crippen LogP contribution in [0, 0.1) is 0 Å². The lowest BCUT2D eigenvalue weighted by molar-refractivity contribution is 0.869. The predicted molar refractivity (Wildman–Crippen MR) is 62.5 cm³/mol. The number of benzene rings is 1. The van der Waals surface area contributed by atoms with Crippen molar-refractivity contribution in [3.63, 3.8) is 0 Å². The highest BCUT2D eigenvalue weighted by Crippen LogP contribution is 2.22. The van der Waals surface area contributed by atoms with Crippen molar-refractivity contribution in [2.45, 2.75) is 13.8 Å². The molecule has 0 aliphatic heterocycles. The summed E-state index contributed by atoms with van der Waals surface area (Å²) in [6, 6.07) is 5.89. The fourth-order valence-electron chi connectivity index (χ4n) is 1.87. The summed E-state index contributed by atoms with van der Waals surface area (Å²) in [6.45, 7) is 6.08. The van der Waals surface area contributed by atoms with E-state index >= 15 is 0 Å². The Hall–Kier alpha value is -1.71. The van der Waals surface area contributed by atoms with Crippen molar-refractivity contribution in [1.82, 2.24) is 9.97 Å². The highest BCUT2D eigenvalue weighted by molar-refractivity contribution is 5.88. The average molecular weight is 205 g/mol. The summed E-state index contributed by atoms with van der Waals surface area (Å²) < 4.78 is 0. The van der Waals surface area contributed by atoms with Gasteiger partial charge in [-0.2, -0.15) is 0 Å². The Morgan fingerprint density at radius 1 is 1.20 bits per heavy atom. The molecule has 0 amide bonds. The molecule has 80 valence electrons. The van der Waals surface area contributed by atoms with E-state index in [9.17, 15) is 4.79 Å². The molecule has 0 radical (unpaired) electrons. The third-order valence-electron chi connectivity index (χ3n) is 2.63. The minimum absolute atomic E-state index is 0.149. The van der Waals surface area contributed by atoms with Gasteiger partial charge in [0.2, 0.25) is 0 Å². The highest BCUT2D eigenvalue weighted by Gasteiger charge is 2.08. The van der Waals surface area contributed by atoms with Crippen molar-refractivity contribution in [3.8, 4) is 0 Å². The van der Waals surface area contributed by atoms with E-state index in [4.69, 9.17) is 0 Å². The van der Waals surface area contributed by atoms with E-state index in [1.54, 1.807) is 0 Å². The normalized spacial score (nSPS) is 10.8. The molecule has 0 spiro atoms. The lowest BCUT2D eigenvalue weighted by Gasteiger charge is -2.21. The van der Waals surface area contributed by atoms with E-state index in [0.717, 1.165) is 29.8 Å². The van der Waals surface area contributed by atoms with Crippen LogP contribution in [0.4, 0.5) is 5.69 Å². The van der Waals surface area contributed by atoms with E-state index < -0.39 is 0 Å². The maximum atomic E-state index is 11.2. The summed E-state index contributed by atoms with van der Waals surface area (Å²) in [5, 5.41) is 0. The Morgan fingerprint density at radius 3 is 2.60 bits per heavy atom. The van der Waals surface area contributed by atoms with Gasteiger partial charge in [0.1, 0.15) is 0 Å². The van der Waals surface area contributed by atoms with Crippen LogP contribution in [0.5, 0.6) is 0 Å². The molecular formula is C11H15N3O. The number of aromatic nitrogens is 2. The summed E-state index contributed by atoms with van der Waals surface area (Å²) in [5.41, 5.74) is 2.69. The van der Waals surface area contributed by atoms with Gasteiger partial charge in [0.15, 0.2) is 0 Å². The van der Waals surface area contributed by atoms with Gasteiger partial charge in [0.05, 0.1) is 16.7 Å². The number of rotatable bonds is 3. The molecule has 0 fully saturated rings. The van der Waals surface area contributed by atoms with E-state index in [1.807, 2.05) is 18.2 Å². The van der Waals surface area contributed by atoms with Crippen molar-refractivity contribution in [3.05, 3.63) is 28.7 Å². The zero-order valence-corrected chi connectivity index (χ0v) is 9.00. The molecule has 0 unspecified atom stereocenters.